The van der Waals surface area contributed by atoms with Gasteiger partial charge >= 0.3 is 6.09 Å². The number of unbranched alkanes of at least 4 members (excludes halogenated alkanes) is 3. The first-order valence-corrected chi connectivity index (χ1v) is 12.0. The van der Waals surface area contributed by atoms with Gasteiger partial charge in [0.2, 0.25) is 5.91 Å². The van der Waals surface area contributed by atoms with Crippen LogP contribution in [-0.2, 0) is 19.1 Å². The van der Waals surface area contributed by atoms with Crippen LogP contribution in [0.5, 0.6) is 0 Å². The fraction of sp³-hybridized carbons (Fsp3) is 0.542. The van der Waals surface area contributed by atoms with Gasteiger partial charge in [-0.2, -0.15) is 0 Å². The monoisotopic (exact) mass is 523 g/mol. The summed E-state index contributed by atoms with van der Waals surface area (Å²) in [4.78, 5) is 39.5. The van der Waals surface area contributed by atoms with Crippen molar-refractivity contribution in [2.24, 2.45) is 5.92 Å². The largest absolute Gasteiger partial charge is 0.439 e. The molecule has 0 radical (unpaired) electrons. The minimum absolute atomic E-state index is 0.114. The number of benzene rings is 1. The van der Waals surface area contributed by atoms with Crippen LogP contribution in [0.4, 0.5) is 4.79 Å². The number of ketones is 1. The fourth-order valence-electron chi connectivity index (χ4n) is 4.20. The van der Waals surface area contributed by atoms with Crippen LogP contribution in [-0.4, -0.2) is 57.4 Å². The number of aliphatic hydroxyl groups is 2. The zero-order chi connectivity index (χ0) is 24.2. The number of hydrogen-bond donors (Lipinski definition) is 2. The van der Waals surface area contributed by atoms with Crippen LogP contribution in [0.15, 0.2) is 40.9 Å². The van der Waals surface area contributed by atoms with Gasteiger partial charge in [0, 0.05) is 13.0 Å². The summed E-state index contributed by atoms with van der Waals surface area (Å²) in [6, 6.07) is 8.58. The average Bonchev–Trinajstić information content (AvgIpc) is 3.10. The number of aliphatic hydroxyl groups excluding tert-OH is 1. The number of imide groups is 1. The lowest BCUT2D eigenvalue weighted by Gasteiger charge is -2.37. The first-order chi connectivity index (χ1) is 15.7. The minimum Gasteiger partial charge on any atom is -0.439 e. The second kappa shape index (κ2) is 10.9. The highest BCUT2D eigenvalue weighted by Crippen LogP contribution is 2.38. The van der Waals surface area contributed by atoms with Crippen molar-refractivity contribution < 1.29 is 34.1 Å². The van der Waals surface area contributed by atoms with Crippen LogP contribution >= 0.6 is 15.9 Å². The van der Waals surface area contributed by atoms with Gasteiger partial charge in [0.1, 0.15) is 12.2 Å². The Bertz CT molecular complexity index is 905. The molecule has 2 amide bonds. The second-order valence-electron chi connectivity index (χ2n) is 8.56. The third kappa shape index (κ3) is 5.54. The molecular weight excluding hydrogens is 494 g/mol. The third-order valence-electron chi connectivity index (χ3n) is 6.15. The van der Waals surface area contributed by atoms with E-state index in [2.05, 4.69) is 15.9 Å². The lowest BCUT2D eigenvalue weighted by Crippen LogP contribution is -2.51. The summed E-state index contributed by atoms with van der Waals surface area (Å²) in [5.41, 5.74) is 0.772. The predicted octanol–water partition coefficient (Wildman–Crippen LogP) is 3.61. The van der Waals surface area contributed by atoms with E-state index in [4.69, 9.17) is 14.6 Å². The Balaban J connectivity index is 1.71. The molecule has 1 aromatic rings. The molecule has 2 heterocycles. The molecule has 0 aliphatic carbocycles. The van der Waals surface area contributed by atoms with Crippen molar-refractivity contribution in [2.45, 2.75) is 70.0 Å². The van der Waals surface area contributed by atoms with Gasteiger partial charge in [-0.1, -0.05) is 50.1 Å². The smallest absolute Gasteiger partial charge is 0.417 e. The molecule has 0 aromatic heterocycles. The maximum absolute atomic E-state index is 13.3. The molecule has 1 saturated heterocycles. The number of carbonyl (C=O) groups excluding carboxylic acids is 3. The topological polar surface area (TPSA) is 113 Å². The summed E-state index contributed by atoms with van der Waals surface area (Å²) in [7, 11) is 0. The molecule has 0 unspecified atom stereocenters. The fourth-order valence-corrected chi connectivity index (χ4v) is 4.71. The standard InChI is InChI=1S/C24H30BrNO7/c1-15(20-18(28)14-19(25)24(31,33-20)12-8-3-4-9-13-27)22(29)26-16(2)21(32-23(26)30)17-10-6-5-7-11-17/h5-7,10-11,14-16,20-21,27,31H,3-4,8-9,12-13H2,1-2H3/t15-,16-,20+,21-,24+/m0/s1. The first-order valence-electron chi connectivity index (χ1n) is 11.2. The molecule has 180 valence electrons. The molecule has 9 heteroatoms. The van der Waals surface area contributed by atoms with Gasteiger partial charge in [0.15, 0.2) is 11.6 Å². The Morgan fingerprint density at radius 1 is 1.18 bits per heavy atom. The number of amides is 2. The molecule has 3 rings (SSSR count). The molecule has 8 nitrogen and oxygen atoms in total. The van der Waals surface area contributed by atoms with Gasteiger partial charge in [0.25, 0.3) is 0 Å². The summed E-state index contributed by atoms with van der Waals surface area (Å²) in [6.45, 7) is 3.34. The first kappa shape index (κ1) is 25.6. The summed E-state index contributed by atoms with van der Waals surface area (Å²) < 4.78 is 11.4. The van der Waals surface area contributed by atoms with Crippen molar-refractivity contribution in [3.63, 3.8) is 0 Å². The Morgan fingerprint density at radius 3 is 2.52 bits per heavy atom. The van der Waals surface area contributed by atoms with Crippen LogP contribution in [0.3, 0.4) is 0 Å². The van der Waals surface area contributed by atoms with Crippen molar-refractivity contribution >= 4 is 33.7 Å². The predicted molar refractivity (Wildman–Crippen MR) is 123 cm³/mol. The number of nitrogens with zero attached hydrogens (tertiary/aromatic N) is 1. The van der Waals surface area contributed by atoms with Crippen LogP contribution in [0.1, 0.15) is 57.6 Å². The number of halogens is 1. The highest BCUT2D eigenvalue weighted by Gasteiger charge is 2.49. The van der Waals surface area contributed by atoms with E-state index in [1.165, 1.54) is 13.0 Å². The average molecular weight is 524 g/mol. The van der Waals surface area contributed by atoms with Crippen molar-refractivity contribution in [2.75, 3.05) is 6.61 Å². The number of ether oxygens (including phenoxy) is 2. The highest BCUT2D eigenvalue weighted by atomic mass is 79.9. The van der Waals surface area contributed by atoms with Crippen molar-refractivity contribution in [3.8, 4) is 0 Å². The van der Waals surface area contributed by atoms with E-state index in [0.717, 1.165) is 23.3 Å². The van der Waals surface area contributed by atoms with Crippen molar-refractivity contribution in [1.29, 1.82) is 0 Å². The van der Waals surface area contributed by atoms with Crippen LogP contribution in [0, 0.1) is 5.92 Å². The number of rotatable bonds is 9. The lowest BCUT2D eigenvalue weighted by atomic mass is 9.93. The van der Waals surface area contributed by atoms with Gasteiger partial charge in [0.05, 0.1) is 16.4 Å². The number of carbonyl (C=O) groups is 3. The highest BCUT2D eigenvalue weighted by molar-refractivity contribution is 9.11. The van der Waals surface area contributed by atoms with E-state index in [-0.39, 0.29) is 17.5 Å². The van der Waals surface area contributed by atoms with Gasteiger partial charge in [-0.05, 0) is 47.3 Å². The zero-order valence-electron chi connectivity index (χ0n) is 18.8. The molecule has 2 aliphatic rings. The van der Waals surface area contributed by atoms with Gasteiger partial charge in [-0.15, -0.1) is 0 Å². The van der Waals surface area contributed by atoms with E-state index in [1.807, 2.05) is 30.3 Å². The lowest BCUT2D eigenvalue weighted by molar-refractivity contribution is -0.217. The van der Waals surface area contributed by atoms with Gasteiger partial charge in [-0.3, -0.25) is 9.59 Å². The van der Waals surface area contributed by atoms with Crippen LogP contribution in [0.25, 0.3) is 0 Å². The van der Waals surface area contributed by atoms with Crippen LogP contribution < -0.4 is 0 Å². The molecule has 1 aromatic carbocycles. The molecule has 2 aliphatic heterocycles. The Hall–Kier alpha value is -2.07. The summed E-state index contributed by atoms with van der Waals surface area (Å²) >= 11 is 3.22. The van der Waals surface area contributed by atoms with Gasteiger partial charge < -0.3 is 19.7 Å². The second-order valence-corrected chi connectivity index (χ2v) is 9.41. The number of cyclic esters (lactones) is 1. The van der Waals surface area contributed by atoms with E-state index in [0.29, 0.717) is 12.8 Å². The molecule has 0 saturated carbocycles. The molecule has 5 atom stereocenters. The Labute approximate surface area is 201 Å². The maximum Gasteiger partial charge on any atom is 0.417 e. The summed E-state index contributed by atoms with van der Waals surface area (Å²) in [6.07, 6.45) is 1.71. The molecule has 33 heavy (non-hydrogen) atoms. The van der Waals surface area contributed by atoms with E-state index < -0.39 is 47.7 Å². The normalized spacial score (nSPS) is 28.5. The minimum atomic E-state index is -1.74. The van der Waals surface area contributed by atoms with E-state index in [9.17, 15) is 19.5 Å². The maximum atomic E-state index is 13.3. The van der Waals surface area contributed by atoms with E-state index >= 15 is 0 Å². The van der Waals surface area contributed by atoms with Crippen LogP contribution in [0.2, 0.25) is 0 Å². The third-order valence-corrected chi connectivity index (χ3v) is 7.00. The quantitative estimate of drug-likeness (QED) is 0.475. The zero-order valence-corrected chi connectivity index (χ0v) is 20.4. The van der Waals surface area contributed by atoms with Crippen molar-refractivity contribution in [3.05, 3.63) is 46.5 Å². The molecule has 1 fully saturated rings. The SMILES string of the molecule is C[C@H](C(=O)N1C(=O)O[C@H](c2ccccc2)[C@@H]1C)[C@H]1O[C@](O)(CCCCCCO)C(Br)=CC1=O. The summed E-state index contributed by atoms with van der Waals surface area (Å²) in [5, 5.41) is 19.9. The van der Waals surface area contributed by atoms with Crippen molar-refractivity contribution in [1.82, 2.24) is 4.90 Å². The Kier molecular flexibility index (Phi) is 8.44. The van der Waals surface area contributed by atoms with Gasteiger partial charge in [-0.25, -0.2) is 9.69 Å². The van der Waals surface area contributed by atoms with E-state index in [1.54, 1.807) is 6.92 Å². The Morgan fingerprint density at radius 2 is 1.85 bits per heavy atom. The molecular formula is C24H30BrNO7. The number of hydrogen-bond acceptors (Lipinski definition) is 7. The summed E-state index contributed by atoms with van der Waals surface area (Å²) in [5.74, 6) is -3.82. The molecule has 2 N–H and O–H groups in total. The molecule has 0 bridgehead atoms. The molecule has 0 spiro atoms.